The second-order valence-electron chi connectivity index (χ2n) is 4.27. The summed E-state index contributed by atoms with van der Waals surface area (Å²) in [5, 5.41) is 3.01. The predicted octanol–water partition coefficient (Wildman–Crippen LogP) is 2.24. The van der Waals surface area contributed by atoms with Gasteiger partial charge in [-0.1, -0.05) is 6.92 Å². The third kappa shape index (κ3) is 5.38. The van der Waals surface area contributed by atoms with Crippen LogP contribution in [0.3, 0.4) is 0 Å². The van der Waals surface area contributed by atoms with Gasteiger partial charge in [0.25, 0.3) is 0 Å². The Hall–Kier alpha value is -1.28. The highest BCUT2D eigenvalue weighted by molar-refractivity contribution is 7.92. The smallest absolute Gasteiger partial charge is 0.232 e. The predicted molar refractivity (Wildman–Crippen MR) is 71.5 cm³/mol. The first-order chi connectivity index (χ1) is 9.35. The fourth-order valence-electron chi connectivity index (χ4n) is 1.54. The fraction of sp³-hybridized carbons (Fsp3) is 0.500. The third-order valence-electron chi connectivity index (χ3n) is 2.46. The van der Waals surface area contributed by atoms with Crippen molar-refractivity contribution in [2.24, 2.45) is 0 Å². The van der Waals surface area contributed by atoms with E-state index < -0.39 is 33.2 Å². The Kier molecular flexibility index (Phi) is 6.28. The molecule has 4 nitrogen and oxygen atoms in total. The lowest BCUT2D eigenvalue weighted by Gasteiger charge is -2.10. The molecule has 0 aromatic heterocycles. The molecule has 8 heteroatoms. The van der Waals surface area contributed by atoms with Crippen LogP contribution in [0.1, 0.15) is 19.8 Å². The van der Waals surface area contributed by atoms with E-state index in [0.29, 0.717) is 25.1 Å². The minimum absolute atomic E-state index is 0.278. The zero-order valence-corrected chi connectivity index (χ0v) is 11.9. The molecule has 1 aromatic rings. The Morgan fingerprint density at radius 2 is 1.70 bits per heavy atom. The molecule has 0 heterocycles. The number of benzene rings is 1. The zero-order valence-electron chi connectivity index (χ0n) is 11.0. The average molecular weight is 310 g/mol. The van der Waals surface area contributed by atoms with Crippen molar-refractivity contribution in [2.75, 3.05) is 23.6 Å². The molecule has 0 fully saturated rings. The van der Waals surface area contributed by atoms with Crippen LogP contribution in [0.4, 0.5) is 18.9 Å². The topological polar surface area (TPSA) is 58.2 Å². The van der Waals surface area contributed by atoms with Crippen LogP contribution in [0.25, 0.3) is 0 Å². The first-order valence-corrected chi connectivity index (χ1v) is 7.86. The highest BCUT2D eigenvalue weighted by Gasteiger charge is 2.17. The van der Waals surface area contributed by atoms with Crippen LogP contribution < -0.4 is 10.0 Å². The lowest BCUT2D eigenvalue weighted by atomic mass is 10.3. The van der Waals surface area contributed by atoms with E-state index in [1.807, 2.05) is 6.92 Å². The molecule has 0 atom stereocenters. The van der Waals surface area contributed by atoms with Crippen molar-refractivity contribution in [1.29, 1.82) is 0 Å². The molecule has 20 heavy (non-hydrogen) atoms. The number of rotatable bonds is 8. The van der Waals surface area contributed by atoms with Crippen LogP contribution in [-0.2, 0) is 10.0 Å². The van der Waals surface area contributed by atoms with Gasteiger partial charge >= 0.3 is 0 Å². The van der Waals surface area contributed by atoms with Crippen molar-refractivity contribution >= 4 is 15.7 Å². The molecule has 0 spiro atoms. The van der Waals surface area contributed by atoms with Crippen molar-refractivity contribution in [2.45, 2.75) is 19.8 Å². The fourth-order valence-corrected chi connectivity index (χ4v) is 2.67. The molecule has 2 N–H and O–H groups in total. The minimum atomic E-state index is -3.87. The van der Waals surface area contributed by atoms with Crippen molar-refractivity contribution in [3.63, 3.8) is 0 Å². The van der Waals surface area contributed by atoms with Crippen molar-refractivity contribution < 1.29 is 21.6 Å². The maximum atomic E-state index is 13.3. The number of sulfonamides is 1. The second kappa shape index (κ2) is 7.49. The quantitative estimate of drug-likeness (QED) is 0.724. The molecule has 0 amide bonds. The molecule has 0 saturated heterocycles. The van der Waals surface area contributed by atoms with E-state index in [-0.39, 0.29) is 5.75 Å². The Balaban J connectivity index is 2.63. The van der Waals surface area contributed by atoms with Crippen LogP contribution >= 0.6 is 0 Å². The zero-order chi connectivity index (χ0) is 15.2. The Labute approximate surface area is 116 Å². The maximum Gasteiger partial charge on any atom is 0.232 e. The normalized spacial score (nSPS) is 11.6. The molecule has 0 aliphatic heterocycles. The van der Waals surface area contributed by atoms with Gasteiger partial charge in [0.2, 0.25) is 10.0 Å². The van der Waals surface area contributed by atoms with Crippen LogP contribution in [0, 0.1) is 17.5 Å². The van der Waals surface area contributed by atoms with Crippen LogP contribution in [-0.4, -0.2) is 27.3 Å². The number of halogens is 3. The summed E-state index contributed by atoms with van der Waals surface area (Å²) in [6.07, 6.45) is 1.23. The maximum absolute atomic E-state index is 13.3. The molecular weight excluding hydrogens is 293 g/mol. The summed E-state index contributed by atoms with van der Waals surface area (Å²) < 4.78 is 64.4. The largest absolute Gasteiger partial charge is 0.317 e. The standard InChI is InChI=1S/C12H17F3N2O2S/c1-2-4-16-5-3-6-20(18,19)17-12-10(14)7-9(13)8-11(12)15/h7-8,16-17H,2-6H2,1H3. The highest BCUT2D eigenvalue weighted by atomic mass is 32.2. The van der Waals surface area contributed by atoms with Gasteiger partial charge in [-0.25, -0.2) is 21.6 Å². The van der Waals surface area contributed by atoms with Gasteiger partial charge in [0.05, 0.1) is 5.75 Å². The van der Waals surface area contributed by atoms with Gasteiger partial charge in [0.1, 0.15) is 11.5 Å². The molecule has 1 rings (SSSR count). The second-order valence-corrected chi connectivity index (χ2v) is 6.11. The SMILES string of the molecule is CCCNCCCS(=O)(=O)Nc1c(F)cc(F)cc1F. The highest BCUT2D eigenvalue weighted by Crippen LogP contribution is 2.21. The molecule has 114 valence electrons. The molecule has 0 unspecified atom stereocenters. The van der Waals surface area contributed by atoms with Gasteiger partial charge in [-0.2, -0.15) is 0 Å². The lowest BCUT2D eigenvalue weighted by Crippen LogP contribution is -2.23. The molecule has 1 aromatic carbocycles. The van der Waals surface area contributed by atoms with Gasteiger partial charge in [-0.05, 0) is 25.9 Å². The summed E-state index contributed by atoms with van der Waals surface area (Å²) in [6, 6.07) is 0.841. The number of hydrogen-bond donors (Lipinski definition) is 2. The number of hydrogen-bond acceptors (Lipinski definition) is 3. The Bertz CT molecular complexity index is 527. The first-order valence-electron chi connectivity index (χ1n) is 6.21. The molecule has 0 aliphatic carbocycles. The average Bonchev–Trinajstić information content (AvgIpc) is 2.33. The van der Waals surface area contributed by atoms with E-state index in [1.54, 1.807) is 4.72 Å². The minimum Gasteiger partial charge on any atom is -0.317 e. The first kappa shape index (κ1) is 16.8. The summed E-state index contributed by atoms with van der Waals surface area (Å²) in [5.74, 6) is -3.95. The van der Waals surface area contributed by atoms with Crippen molar-refractivity contribution in [3.05, 3.63) is 29.6 Å². The summed E-state index contributed by atoms with van der Waals surface area (Å²) in [7, 11) is -3.87. The summed E-state index contributed by atoms with van der Waals surface area (Å²) >= 11 is 0. The van der Waals surface area contributed by atoms with E-state index in [2.05, 4.69) is 5.32 Å². The van der Waals surface area contributed by atoms with Crippen molar-refractivity contribution in [3.8, 4) is 0 Å². The van der Waals surface area contributed by atoms with E-state index in [0.717, 1.165) is 13.0 Å². The van der Waals surface area contributed by atoms with Gasteiger partial charge < -0.3 is 5.32 Å². The van der Waals surface area contributed by atoms with Crippen LogP contribution in [0.15, 0.2) is 12.1 Å². The number of anilines is 1. The Morgan fingerprint density at radius 3 is 2.25 bits per heavy atom. The van der Waals surface area contributed by atoms with E-state index in [4.69, 9.17) is 0 Å². The molecule has 0 saturated carbocycles. The summed E-state index contributed by atoms with van der Waals surface area (Å²) in [4.78, 5) is 0. The van der Waals surface area contributed by atoms with Gasteiger partial charge in [-0.3, -0.25) is 4.72 Å². The van der Waals surface area contributed by atoms with E-state index in [1.165, 1.54) is 0 Å². The van der Waals surface area contributed by atoms with Gasteiger partial charge in [0.15, 0.2) is 11.6 Å². The van der Waals surface area contributed by atoms with Gasteiger partial charge in [-0.15, -0.1) is 0 Å². The summed E-state index contributed by atoms with van der Waals surface area (Å²) in [6.45, 7) is 3.24. The van der Waals surface area contributed by atoms with Gasteiger partial charge in [0, 0.05) is 12.1 Å². The van der Waals surface area contributed by atoms with Crippen LogP contribution in [0.5, 0.6) is 0 Å². The number of nitrogens with one attached hydrogen (secondary N) is 2. The molecule has 0 radical (unpaired) electrons. The lowest BCUT2D eigenvalue weighted by molar-refractivity contribution is 0.547. The third-order valence-corrected chi connectivity index (χ3v) is 3.80. The summed E-state index contributed by atoms with van der Waals surface area (Å²) in [5.41, 5.74) is -0.854. The molecular formula is C12H17F3N2O2S. The molecule has 0 bridgehead atoms. The van der Waals surface area contributed by atoms with E-state index >= 15 is 0 Å². The monoisotopic (exact) mass is 310 g/mol. The molecule has 0 aliphatic rings. The van der Waals surface area contributed by atoms with Crippen LogP contribution in [0.2, 0.25) is 0 Å². The Morgan fingerprint density at radius 1 is 1.10 bits per heavy atom. The van der Waals surface area contributed by atoms with Crippen molar-refractivity contribution in [1.82, 2.24) is 5.32 Å². The van der Waals surface area contributed by atoms with E-state index in [9.17, 15) is 21.6 Å².